The fourth-order valence-electron chi connectivity index (χ4n) is 3.31. The van der Waals surface area contributed by atoms with Gasteiger partial charge in [-0.15, -0.1) is 0 Å². The van der Waals surface area contributed by atoms with Crippen molar-refractivity contribution in [3.8, 4) is 0 Å². The van der Waals surface area contributed by atoms with E-state index in [0.717, 1.165) is 19.3 Å². The van der Waals surface area contributed by atoms with Crippen molar-refractivity contribution in [2.24, 2.45) is 11.8 Å². The van der Waals surface area contributed by atoms with Gasteiger partial charge in [0.25, 0.3) is 0 Å². The van der Waals surface area contributed by atoms with Crippen LogP contribution in [0.2, 0.25) is 0 Å². The Morgan fingerprint density at radius 1 is 1.24 bits per heavy atom. The Bertz CT molecular complexity index is 519. The van der Waals surface area contributed by atoms with Gasteiger partial charge in [0.2, 0.25) is 5.91 Å². The molecule has 6 nitrogen and oxygen atoms in total. The molecule has 1 aliphatic carbocycles. The number of carboxylic acid groups (broad SMARTS) is 1. The van der Waals surface area contributed by atoms with Crippen LogP contribution in [0.4, 0.5) is 0 Å². The lowest BCUT2D eigenvalue weighted by Crippen LogP contribution is -2.57. The van der Waals surface area contributed by atoms with E-state index in [-0.39, 0.29) is 11.5 Å². The van der Waals surface area contributed by atoms with E-state index in [2.05, 4.69) is 12.2 Å². The summed E-state index contributed by atoms with van der Waals surface area (Å²) >= 11 is 0. The molecule has 21 heavy (non-hydrogen) atoms. The first-order valence-electron chi connectivity index (χ1n) is 7.54. The fourth-order valence-corrected chi connectivity index (χ4v) is 5.05. The Morgan fingerprint density at radius 2 is 1.86 bits per heavy atom. The van der Waals surface area contributed by atoms with Crippen molar-refractivity contribution >= 4 is 21.7 Å². The van der Waals surface area contributed by atoms with Crippen LogP contribution in [-0.4, -0.2) is 42.4 Å². The topological polar surface area (TPSA) is 101 Å². The zero-order valence-electron chi connectivity index (χ0n) is 12.3. The number of carboxylic acids is 1. The number of hydrogen-bond acceptors (Lipinski definition) is 4. The van der Waals surface area contributed by atoms with Crippen LogP contribution in [0.15, 0.2) is 0 Å². The van der Waals surface area contributed by atoms with Crippen LogP contribution >= 0.6 is 0 Å². The second-order valence-electron chi connectivity index (χ2n) is 6.33. The molecule has 0 aromatic carbocycles. The van der Waals surface area contributed by atoms with Crippen LogP contribution in [0.1, 0.15) is 45.4 Å². The van der Waals surface area contributed by atoms with Crippen LogP contribution in [0.25, 0.3) is 0 Å². The van der Waals surface area contributed by atoms with Gasteiger partial charge in [-0.25, -0.2) is 13.2 Å². The summed E-state index contributed by atoms with van der Waals surface area (Å²) < 4.78 is 22.9. The van der Waals surface area contributed by atoms with Gasteiger partial charge in [-0.1, -0.05) is 13.3 Å². The molecular weight excluding hydrogens is 294 g/mol. The third kappa shape index (κ3) is 3.56. The maximum Gasteiger partial charge on any atom is 0.329 e. The summed E-state index contributed by atoms with van der Waals surface area (Å²) in [5.74, 6) is -1.66. The maximum absolute atomic E-state index is 12.2. The first kappa shape index (κ1) is 16.3. The molecule has 1 saturated carbocycles. The molecule has 7 heteroatoms. The molecule has 2 rings (SSSR count). The predicted octanol–water partition coefficient (Wildman–Crippen LogP) is 0.961. The summed E-state index contributed by atoms with van der Waals surface area (Å²) in [5, 5.41) is 12.2. The molecule has 1 saturated heterocycles. The van der Waals surface area contributed by atoms with Crippen molar-refractivity contribution < 1.29 is 23.1 Å². The molecule has 0 radical (unpaired) electrons. The van der Waals surface area contributed by atoms with E-state index in [0.29, 0.717) is 25.2 Å². The van der Waals surface area contributed by atoms with Crippen LogP contribution in [0.5, 0.6) is 0 Å². The second-order valence-corrected chi connectivity index (χ2v) is 8.56. The standard InChI is InChI=1S/C14H23NO5S/c1-2-10-3-6-14(7-4-10,13(17)18)15-12(16)11-5-8-21(19,20)9-11/h10-11H,2-9H2,1H3,(H,15,16)(H,17,18). The van der Waals surface area contributed by atoms with Gasteiger partial charge in [-0.05, 0) is 38.0 Å². The van der Waals surface area contributed by atoms with Gasteiger partial charge in [0.05, 0.1) is 17.4 Å². The summed E-state index contributed by atoms with van der Waals surface area (Å²) in [4.78, 5) is 23.8. The summed E-state index contributed by atoms with van der Waals surface area (Å²) in [6, 6.07) is 0. The SMILES string of the molecule is CCC1CCC(NC(=O)C2CCS(=O)(=O)C2)(C(=O)O)CC1. The van der Waals surface area contributed by atoms with Crippen molar-refractivity contribution in [1.82, 2.24) is 5.32 Å². The molecular formula is C14H23NO5S. The molecule has 0 aromatic rings. The lowest BCUT2D eigenvalue weighted by molar-refractivity contribution is -0.150. The van der Waals surface area contributed by atoms with E-state index in [9.17, 15) is 23.1 Å². The average molecular weight is 317 g/mol. The predicted molar refractivity (Wildman–Crippen MR) is 77.5 cm³/mol. The molecule has 2 fully saturated rings. The van der Waals surface area contributed by atoms with Gasteiger partial charge in [-0.3, -0.25) is 4.79 Å². The molecule has 0 bridgehead atoms. The number of nitrogens with one attached hydrogen (secondary N) is 1. The number of carbonyl (C=O) groups excluding carboxylic acids is 1. The molecule has 2 N–H and O–H groups in total. The van der Waals surface area contributed by atoms with Crippen molar-refractivity contribution in [2.75, 3.05) is 11.5 Å². The monoisotopic (exact) mass is 317 g/mol. The number of sulfone groups is 1. The van der Waals surface area contributed by atoms with Gasteiger partial charge in [-0.2, -0.15) is 0 Å². The van der Waals surface area contributed by atoms with Crippen molar-refractivity contribution in [1.29, 1.82) is 0 Å². The van der Waals surface area contributed by atoms with E-state index in [1.807, 2.05) is 0 Å². The minimum Gasteiger partial charge on any atom is -0.480 e. The third-order valence-electron chi connectivity index (χ3n) is 4.91. The fraction of sp³-hybridized carbons (Fsp3) is 0.857. The number of carbonyl (C=O) groups is 2. The molecule has 1 heterocycles. The average Bonchev–Trinajstić information content (AvgIpc) is 2.80. The molecule has 1 atom stereocenters. The summed E-state index contributed by atoms with van der Waals surface area (Å²) in [6.07, 6.45) is 3.72. The van der Waals surface area contributed by atoms with E-state index in [1.165, 1.54) is 0 Å². The first-order chi connectivity index (χ1) is 9.78. The Balaban J connectivity index is 2.04. The Hall–Kier alpha value is -1.11. The largest absolute Gasteiger partial charge is 0.480 e. The lowest BCUT2D eigenvalue weighted by atomic mass is 9.75. The highest BCUT2D eigenvalue weighted by Crippen LogP contribution is 2.34. The number of amides is 1. The first-order valence-corrected chi connectivity index (χ1v) is 9.36. The Labute approximate surface area is 125 Å². The van der Waals surface area contributed by atoms with E-state index in [4.69, 9.17) is 0 Å². The molecule has 2 aliphatic rings. The molecule has 0 aromatic heterocycles. The number of rotatable bonds is 4. The van der Waals surface area contributed by atoms with E-state index >= 15 is 0 Å². The normalized spacial score (nSPS) is 35.3. The van der Waals surface area contributed by atoms with Crippen LogP contribution in [0.3, 0.4) is 0 Å². The van der Waals surface area contributed by atoms with Gasteiger partial charge in [0, 0.05) is 0 Å². The maximum atomic E-state index is 12.2. The molecule has 1 aliphatic heterocycles. The van der Waals surface area contributed by atoms with Crippen LogP contribution < -0.4 is 5.32 Å². The quantitative estimate of drug-likeness (QED) is 0.804. The molecule has 1 unspecified atom stereocenters. The lowest BCUT2D eigenvalue weighted by Gasteiger charge is -2.37. The van der Waals surface area contributed by atoms with Crippen molar-refractivity contribution in [3.05, 3.63) is 0 Å². The van der Waals surface area contributed by atoms with Crippen LogP contribution in [-0.2, 0) is 19.4 Å². The van der Waals surface area contributed by atoms with E-state index < -0.39 is 33.2 Å². The highest BCUT2D eigenvalue weighted by molar-refractivity contribution is 7.91. The number of hydrogen-bond donors (Lipinski definition) is 2. The minimum absolute atomic E-state index is 0.0169. The Kier molecular flexibility index (Phi) is 4.60. The Morgan fingerprint density at radius 3 is 2.29 bits per heavy atom. The van der Waals surface area contributed by atoms with Gasteiger partial charge >= 0.3 is 5.97 Å². The smallest absolute Gasteiger partial charge is 0.329 e. The second kappa shape index (κ2) is 5.94. The summed E-state index contributed by atoms with van der Waals surface area (Å²) in [7, 11) is -3.14. The van der Waals surface area contributed by atoms with Gasteiger partial charge in [0.15, 0.2) is 9.84 Å². The van der Waals surface area contributed by atoms with Crippen molar-refractivity contribution in [3.63, 3.8) is 0 Å². The highest BCUT2D eigenvalue weighted by Gasteiger charge is 2.45. The number of aliphatic carboxylic acids is 1. The summed E-state index contributed by atoms with van der Waals surface area (Å²) in [5.41, 5.74) is -1.21. The van der Waals surface area contributed by atoms with Crippen LogP contribution in [0, 0.1) is 11.8 Å². The van der Waals surface area contributed by atoms with E-state index in [1.54, 1.807) is 0 Å². The molecule has 120 valence electrons. The summed E-state index contributed by atoms with van der Waals surface area (Å²) in [6.45, 7) is 2.08. The highest BCUT2D eigenvalue weighted by atomic mass is 32.2. The van der Waals surface area contributed by atoms with Crippen molar-refractivity contribution in [2.45, 2.75) is 51.0 Å². The van der Waals surface area contributed by atoms with Gasteiger partial charge in [0.1, 0.15) is 5.54 Å². The van der Waals surface area contributed by atoms with Gasteiger partial charge < -0.3 is 10.4 Å². The minimum atomic E-state index is -3.14. The zero-order chi connectivity index (χ0) is 15.7. The third-order valence-corrected chi connectivity index (χ3v) is 6.68. The molecule has 0 spiro atoms. The zero-order valence-corrected chi connectivity index (χ0v) is 13.1. The molecule has 1 amide bonds.